The predicted molar refractivity (Wildman–Crippen MR) is 90.3 cm³/mol. The zero-order valence-corrected chi connectivity index (χ0v) is 14.2. The Morgan fingerprint density at radius 1 is 1.24 bits per heavy atom. The molecule has 0 atom stereocenters. The summed E-state index contributed by atoms with van der Waals surface area (Å²) >= 11 is 5.90. The highest BCUT2D eigenvalue weighted by Gasteiger charge is 2.26. The molecule has 4 heteroatoms. The Morgan fingerprint density at radius 2 is 1.90 bits per heavy atom. The molecule has 0 aliphatic rings. The highest BCUT2D eigenvalue weighted by atomic mass is 35.5. The molecule has 1 aromatic carbocycles. The summed E-state index contributed by atoms with van der Waals surface area (Å²) in [7, 11) is 0. The first-order valence-electron chi connectivity index (χ1n) is 7.08. The molecule has 0 unspecified atom stereocenters. The molecule has 21 heavy (non-hydrogen) atoms. The topological polar surface area (TPSA) is 41.1 Å². The van der Waals surface area contributed by atoms with Gasteiger partial charge in [-0.05, 0) is 49.5 Å². The molecule has 0 bridgehead atoms. The van der Waals surface area contributed by atoms with Crippen LogP contribution in [0.25, 0.3) is 6.08 Å². The molecule has 3 nitrogen and oxygen atoms in total. The first-order chi connectivity index (χ1) is 9.57. The summed E-state index contributed by atoms with van der Waals surface area (Å²) in [6.07, 6.45) is 4.32. The average Bonchev–Trinajstić information content (AvgIpc) is 2.24. The fourth-order valence-corrected chi connectivity index (χ4v) is 2.74. The van der Waals surface area contributed by atoms with Crippen molar-refractivity contribution in [3.63, 3.8) is 0 Å². The molecule has 0 fully saturated rings. The minimum atomic E-state index is -0.258. The van der Waals surface area contributed by atoms with Crippen LogP contribution in [0.4, 0.5) is 4.79 Å². The number of urea groups is 1. The first kappa shape index (κ1) is 17.6. The third-order valence-electron chi connectivity index (χ3n) is 2.76. The van der Waals surface area contributed by atoms with Crippen LogP contribution in [-0.2, 0) is 0 Å². The van der Waals surface area contributed by atoms with Gasteiger partial charge in [0.2, 0.25) is 0 Å². The Balaban J connectivity index is 2.51. The number of halogens is 1. The van der Waals surface area contributed by atoms with Crippen LogP contribution in [0, 0.1) is 5.41 Å². The van der Waals surface area contributed by atoms with Crippen LogP contribution >= 0.6 is 11.6 Å². The van der Waals surface area contributed by atoms with Crippen molar-refractivity contribution >= 4 is 23.7 Å². The third kappa shape index (κ3) is 7.76. The lowest BCUT2D eigenvalue weighted by atomic mass is 9.82. The molecule has 2 N–H and O–H groups in total. The number of hydrogen-bond acceptors (Lipinski definition) is 1. The van der Waals surface area contributed by atoms with Gasteiger partial charge in [0.05, 0.1) is 0 Å². The maximum Gasteiger partial charge on any atom is 0.319 e. The van der Waals surface area contributed by atoms with Crippen LogP contribution in [0.3, 0.4) is 0 Å². The Hall–Kier alpha value is -1.48. The number of rotatable bonds is 4. The lowest BCUT2D eigenvalue weighted by Crippen LogP contribution is -2.48. The maximum absolute atomic E-state index is 11.9. The molecule has 0 aromatic heterocycles. The van der Waals surface area contributed by atoms with E-state index in [0.29, 0.717) is 5.02 Å². The van der Waals surface area contributed by atoms with E-state index < -0.39 is 0 Å². The summed E-state index contributed by atoms with van der Waals surface area (Å²) in [4.78, 5) is 11.9. The van der Waals surface area contributed by atoms with Crippen molar-refractivity contribution in [1.82, 2.24) is 10.6 Å². The Bertz CT molecular complexity index is 516. The highest BCUT2D eigenvalue weighted by Crippen LogP contribution is 2.26. The Kier molecular flexibility index (Phi) is 5.85. The lowest BCUT2D eigenvalue weighted by Gasteiger charge is -2.33. The van der Waals surface area contributed by atoms with Gasteiger partial charge in [-0.25, -0.2) is 4.79 Å². The molecular formula is C17H25ClN2O. The largest absolute Gasteiger partial charge is 0.333 e. The molecule has 0 heterocycles. The van der Waals surface area contributed by atoms with E-state index in [1.165, 1.54) is 0 Å². The minimum Gasteiger partial charge on any atom is -0.333 e. The number of carbonyl (C=O) groups excluding carboxylic acids is 1. The van der Waals surface area contributed by atoms with Crippen molar-refractivity contribution in [3.8, 4) is 0 Å². The van der Waals surface area contributed by atoms with Gasteiger partial charge >= 0.3 is 6.03 Å². The van der Waals surface area contributed by atoms with Gasteiger partial charge in [-0.3, -0.25) is 0 Å². The summed E-state index contributed by atoms with van der Waals surface area (Å²) in [5.74, 6) is 0. The quantitative estimate of drug-likeness (QED) is 0.822. The van der Waals surface area contributed by atoms with Crippen LogP contribution in [0.15, 0.2) is 30.5 Å². The molecule has 1 rings (SSSR count). The van der Waals surface area contributed by atoms with Gasteiger partial charge in [-0.2, -0.15) is 0 Å². The van der Waals surface area contributed by atoms with Gasteiger partial charge in [0.15, 0.2) is 0 Å². The molecule has 0 saturated heterocycles. The predicted octanol–water partition coefficient (Wildman–Crippen LogP) is 4.82. The van der Waals surface area contributed by atoms with Gasteiger partial charge < -0.3 is 10.6 Å². The third-order valence-corrected chi connectivity index (χ3v) is 3.00. The smallest absolute Gasteiger partial charge is 0.319 e. The molecule has 1 aromatic rings. The second kappa shape index (κ2) is 6.99. The van der Waals surface area contributed by atoms with Crippen molar-refractivity contribution in [2.45, 2.75) is 46.6 Å². The van der Waals surface area contributed by atoms with Crippen LogP contribution in [0.5, 0.6) is 0 Å². The van der Waals surface area contributed by atoms with Gasteiger partial charge in [-0.1, -0.05) is 44.5 Å². The van der Waals surface area contributed by atoms with E-state index in [0.717, 1.165) is 12.0 Å². The average molecular weight is 309 g/mol. The fourth-order valence-electron chi connectivity index (χ4n) is 2.54. The monoisotopic (exact) mass is 308 g/mol. The zero-order valence-electron chi connectivity index (χ0n) is 13.5. The van der Waals surface area contributed by atoms with Gasteiger partial charge in [-0.15, -0.1) is 0 Å². The number of nitrogens with one attached hydrogen (secondary N) is 2. The molecule has 0 aliphatic carbocycles. The van der Waals surface area contributed by atoms with E-state index in [1.54, 1.807) is 6.20 Å². The van der Waals surface area contributed by atoms with Crippen molar-refractivity contribution < 1.29 is 4.79 Å². The standard InChI is InChI=1S/C17H25ClN2O/c1-16(2,3)12-17(4,5)20-15(21)19-10-9-13-7-6-8-14(18)11-13/h6-11H,12H2,1-5H3,(H2,19,20,21)/b10-9+. The van der Waals surface area contributed by atoms with E-state index in [-0.39, 0.29) is 17.0 Å². The second-order valence-corrected chi connectivity index (χ2v) is 7.54. The van der Waals surface area contributed by atoms with Gasteiger partial charge in [0.1, 0.15) is 0 Å². The summed E-state index contributed by atoms with van der Waals surface area (Å²) < 4.78 is 0. The molecule has 0 spiro atoms. The Labute approximate surface area is 132 Å². The number of benzene rings is 1. The molecule has 0 aliphatic heterocycles. The van der Waals surface area contributed by atoms with Gasteiger partial charge in [0, 0.05) is 16.8 Å². The first-order valence-corrected chi connectivity index (χ1v) is 7.46. The van der Waals surface area contributed by atoms with Crippen LogP contribution in [0.2, 0.25) is 5.02 Å². The lowest BCUT2D eigenvalue weighted by molar-refractivity contribution is 0.213. The van der Waals surface area contributed by atoms with E-state index in [2.05, 4.69) is 31.4 Å². The van der Waals surface area contributed by atoms with Gasteiger partial charge in [0.25, 0.3) is 0 Å². The second-order valence-electron chi connectivity index (χ2n) is 7.11. The van der Waals surface area contributed by atoms with Crippen molar-refractivity contribution in [3.05, 3.63) is 41.1 Å². The molecule has 2 amide bonds. The maximum atomic E-state index is 11.9. The molecule has 116 valence electrons. The van der Waals surface area contributed by atoms with Crippen molar-refractivity contribution in [1.29, 1.82) is 0 Å². The highest BCUT2D eigenvalue weighted by molar-refractivity contribution is 6.30. The number of carbonyl (C=O) groups is 1. The summed E-state index contributed by atoms with van der Waals surface area (Å²) in [5, 5.41) is 6.38. The SMILES string of the molecule is CC(C)(C)CC(C)(C)NC(=O)N/C=C/c1cccc(Cl)c1. The van der Waals surface area contributed by atoms with E-state index in [9.17, 15) is 4.79 Å². The summed E-state index contributed by atoms with van der Waals surface area (Å²) in [6, 6.07) is 7.23. The summed E-state index contributed by atoms with van der Waals surface area (Å²) in [6.45, 7) is 10.5. The molecular weight excluding hydrogens is 284 g/mol. The number of amides is 2. The molecule has 0 saturated carbocycles. The minimum absolute atomic E-state index is 0.160. The summed E-state index contributed by atoms with van der Waals surface area (Å²) in [5.41, 5.74) is 0.844. The normalized spacial score (nSPS) is 12.5. The molecule has 0 radical (unpaired) electrons. The Morgan fingerprint density at radius 3 is 2.48 bits per heavy atom. The zero-order chi connectivity index (χ0) is 16.1. The fraction of sp³-hybridized carbons (Fsp3) is 0.471. The van der Waals surface area contributed by atoms with Crippen LogP contribution in [0.1, 0.15) is 46.6 Å². The van der Waals surface area contributed by atoms with E-state index >= 15 is 0 Å². The van der Waals surface area contributed by atoms with E-state index in [1.807, 2.05) is 44.2 Å². The van der Waals surface area contributed by atoms with Crippen LogP contribution < -0.4 is 10.6 Å². The van der Waals surface area contributed by atoms with Crippen LogP contribution in [-0.4, -0.2) is 11.6 Å². The van der Waals surface area contributed by atoms with E-state index in [4.69, 9.17) is 11.6 Å². The van der Waals surface area contributed by atoms with Crippen molar-refractivity contribution in [2.24, 2.45) is 5.41 Å². The van der Waals surface area contributed by atoms with Crippen molar-refractivity contribution in [2.75, 3.05) is 0 Å². The number of hydrogen-bond donors (Lipinski definition) is 2.